The fourth-order valence-corrected chi connectivity index (χ4v) is 8.68. The number of piperidine rings is 1. The molecule has 0 spiro atoms. The van der Waals surface area contributed by atoms with Gasteiger partial charge in [0, 0.05) is 95.0 Å². The molecule has 4 aliphatic heterocycles. The third-order valence-corrected chi connectivity index (χ3v) is 12.1. The first-order chi connectivity index (χ1) is 28.0. The van der Waals surface area contributed by atoms with Gasteiger partial charge in [-0.1, -0.05) is 30.3 Å². The highest BCUT2D eigenvalue weighted by Gasteiger charge is 2.44. The Kier molecular flexibility index (Phi) is 13.0. The second kappa shape index (κ2) is 18.3. The number of nitrogens with one attached hydrogen (secondary N) is 2. The van der Waals surface area contributed by atoms with E-state index in [9.17, 15) is 28.4 Å². The summed E-state index contributed by atoms with van der Waals surface area (Å²) in [6.07, 6.45) is 0.745. The second-order valence-corrected chi connectivity index (χ2v) is 16.1. The normalized spacial score (nSPS) is 21.6. The highest BCUT2D eigenvalue weighted by Crippen LogP contribution is 2.33. The predicted molar refractivity (Wildman–Crippen MR) is 217 cm³/mol. The number of imide groups is 2. The minimum atomic E-state index is -1.01. The van der Waals surface area contributed by atoms with Crippen LogP contribution in [0, 0.1) is 12.7 Å². The highest BCUT2D eigenvalue weighted by molar-refractivity contribution is 6.23. The number of amides is 5. The van der Waals surface area contributed by atoms with Crippen LogP contribution in [0.3, 0.4) is 0 Å². The van der Waals surface area contributed by atoms with Crippen molar-refractivity contribution in [2.75, 3.05) is 84.6 Å². The summed E-state index contributed by atoms with van der Waals surface area (Å²) in [5.41, 5.74) is 5.49. The van der Waals surface area contributed by atoms with Gasteiger partial charge < -0.3 is 19.9 Å². The minimum Gasteiger partial charge on any atom is -0.378 e. The van der Waals surface area contributed by atoms with Gasteiger partial charge in [-0.3, -0.25) is 44.0 Å². The van der Waals surface area contributed by atoms with Crippen LogP contribution in [0.15, 0.2) is 60.7 Å². The molecule has 58 heavy (non-hydrogen) atoms. The van der Waals surface area contributed by atoms with E-state index >= 15 is 0 Å². The zero-order valence-corrected chi connectivity index (χ0v) is 33.7. The van der Waals surface area contributed by atoms with E-state index in [0.29, 0.717) is 44.7 Å². The summed E-state index contributed by atoms with van der Waals surface area (Å²) < 4.78 is 20.5. The average molecular weight is 796 g/mol. The van der Waals surface area contributed by atoms with E-state index in [-0.39, 0.29) is 42.1 Å². The molecule has 0 bridgehead atoms. The van der Waals surface area contributed by atoms with Gasteiger partial charge in [-0.15, -0.1) is 0 Å². The van der Waals surface area contributed by atoms with Gasteiger partial charge in [-0.2, -0.15) is 0 Å². The van der Waals surface area contributed by atoms with Crippen molar-refractivity contribution in [1.29, 1.82) is 0 Å². The van der Waals surface area contributed by atoms with Crippen molar-refractivity contribution >= 4 is 35.2 Å². The summed E-state index contributed by atoms with van der Waals surface area (Å²) in [7, 11) is 4.26. The number of carbonyl (C=O) groups is 5. The van der Waals surface area contributed by atoms with Gasteiger partial charge >= 0.3 is 0 Å². The monoisotopic (exact) mass is 795 g/mol. The van der Waals surface area contributed by atoms with E-state index in [1.807, 2.05) is 13.0 Å². The zero-order chi connectivity index (χ0) is 40.9. The topological polar surface area (TPSA) is 135 Å². The zero-order valence-electron chi connectivity index (χ0n) is 33.7. The number of aryl methyl sites for hydroxylation is 2. The molecule has 3 unspecified atom stereocenters. The molecule has 308 valence electrons. The Morgan fingerprint density at radius 3 is 2.40 bits per heavy atom. The first-order valence-corrected chi connectivity index (χ1v) is 20.4. The summed E-state index contributed by atoms with van der Waals surface area (Å²) in [5.74, 6) is -2.10. The number of piperazine rings is 1. The van der Waals surface area contributed by atoms with E-state index < -0.39 is 29.7 Å². The minimum absolute atomic E-state index is 0.0609. The number of hydrogen-bond acceptors (Lipinski definition) is 10. The molecule has 3 atom stereocenters. The predicted octanol–water partition coefficient (Wildman–Crippen LogP) is 2.95. The van der Waals surface area contributed by atoms with Gasteiger partial charge in [-0.25, -0.2) is 4.39 Å². The molecule has 3 saturated heterocycles. The van der Waals surface area contributed by atoms with E-state index in [4.69, 9.17) is 4.74 Å². The maximum Gasteiger partial charge on any atom is 0.262 e. The van der Waals surface area contributed by atoms with Crippen molar-refractivity contribution < 1.29 is 33.1 Å². The number of halogens is 1. The molecule has 0 saturated carbocycles. The summed E-state index contributed by atoms with van der Waals surface area (Å²) in [6, 6.07) is 18.6. The van der Waals surface area contributed by atoms with Crippen molar-refractivity contribution in [1.82, 2.24) is 30.2 Å². The van der Waals surface area contributed by atoms with Gasteiger partial charge in [0.25, 0.3) is 11.8 Å². The van der Waals surface area contributed by atoms with Crippen molar-refractivity contribution in [3.05, 3.63) is 99.9 Å². The quantitative estimate of drug-likeness (QED) is 0.175. The number of rotatable bonds is 15. The molecule has 13 nitrogen and oxygen atoms in total. The summed E-state index contributed by atoms with van der Waals surface area (Å²) in [4.78, 5) is 72.8. The molecular formula is C44H54FN7O6. The van der Waals surface area contributed by atoms with Gasteiger partial charge in [-0.05, 0) is 80.9 Å². The van der Waals surface area contributed by atoms with E-state index in [1.54, 1.807) is 30.3 Å². The molecule has 2 N–H and O–H groups in total. The summed E-state index contributed by atoms with van der Waals surface area (Å²) in [5, 5.41) is 5.08. The Morgan fingerprint density at radius 1 is 0.914 bits per heavy atom. The Morgan fingerprint density at radius 2 is 1.67 bits per heavy atom. The molecule has 7 rings (SSSR count). The summed E-state index contributed by atoms with van der Waals surface area (Å²) >= 11 is 0. The van der Waals surface area contributed by atoms with Crippen LogP contribution in [0.2, 0.25) is 0 Å². The molecule has 4 aliphatic rings. The number of anilines is 1. The maximum atomic E-state index is 14.6. The van der Waals surface area contributed by atoms with Crippen LogP contribution < -0.4 is 15.5 Å². The fraction of sp³-hybridized carbons (Fsp3) is 0.477. The van der Waals surface area contributed by atoms with E-state index in [0.717, 1.165) is 67.4 Å². The van der Waals surface area contributed by atoms with E-state index in [1.165, 1.54) is 11.3 Å². The number of carbonyl (C=O) groups excluding carboxylic acids is 5. The van der Waals surface area contributed by atoms with Crippen LogP contribution in [-0.4, -0.2) is 141 Å². The van der Waals surface area contributed by atoms with Gasteiger partial charge in [0.15, 0.2) is 0 Å². The Bertz CT molecular complexity index is 2000. The molecule has 3 fully saturated rings. The SMILES string of the molecule is Cc1cccc(F)c1CN1CC(c2ccc(N3CCN(CCOCCNC(=O)CCc4ccc5c(c4)C(=O)N(C4CCC(=O)NC4=O)C5=O)CC3)cc2)C(N(C)C)C1. The smallest absolute Gasteiger partial charge is 0.262 e. The first-order valence-electron chi connectivity index (χ1n) is 20.4. The molecule has 14 heteroatoms. The lowest BCUT2D eigenvalue weighted by Crippen LogP contribution is -2.54. The van der Waals surface area contributed by atoms with Crippen molar-refractivity contribution in [3.8, 4) is 0 Å². The van der Waals surface area contributed by atoms with Gasteiger partial charge in [0.05, 0.1) is 24.3 Å². The highest BCUT2D eigenvalue weighted by atomic mass is 19.1. The molecule has 4 heterocycles. The van der Waals surface area contributed by atoms with Crippen LogP contribution >= 0.6 is 0 Å². The van der Waals surface area contributed by atoms with Crippen LogP contribution in [0.25, 0.3) is 0 Å². The Labute approximate surface area is 339 Å². The van der Waals surface area contributed by atoms with Gasteiger partial charge in [0.1, 0.15) is 11.9 Å². The molecule has 3 aromatic rings. The van der Waals surface area contributed by atoms with Crippen molar-refractivity contribution in [2.45, 2.75) is 57.2 Å². The fourth-order valence-electron chi connectivity index (χ4n) is 8.68. The number of nitrogens with zero attached hydrogens (tertiary/aromatic N) is 5. The molecular weight excluding hydrogens is 742 g/mol. The number of likely N-dealkylation sites (tertiary alicyclic amines) is 1. The Hall–Kier alpha value is -5.02. The second-order valence-electron chi connectivity index (χ2n) is 16.1. The van der Waals surface area contributed by atoms with Crippen LogP contribution in [0.4, 0.5) is 10.1 Å². The lowest BCUT2D eigenvalue weighted by atomic mass is 9.93. The summed E-state index contributed by atoms with van der Waals surface area (Å²) in [6.45, 7) is 10.3. The van der Waals surface area contributed by atoms with Crippen LogP contribution in [0.5, 0.6) is 0 Å². The third-order valence-electron chi connectivity index (χ3n) is 12.1. The standard InChI is InChI=1S/C44H54FN7O6/c1-29-5-4-6-37(45)35(29)26-50-27-36(39(28-50)48(2)3)31-9-11-32(12-10-31)51-20-18-49(19-21-51)22-24-58-23-17-46-40(53)15-8-30-7-13-33-34(25-30)44(57)52(43(33)56)38-14-16-41(54)47-42(38)55/h4-7,9-13,25,36,38-39H,8,14-24,26-28H2,1-3H3,(H,46,53)(H,47,54,55). The van der Waals surface area contributed by atoms with Gasteiger partial charge in [0.2, 0.25) is 17.7 Å². The number of hydrogen-bond donors (Lipinski definition) is 2. The average Bonchev–Trinajstić information content (AvgIpc) is 3.75. The number of ether oxygens (including phenoxy) is 1. The lowest BCUT2D eigenvalue weighted by Gasteiger charge is -2.36. The molecule has 0 radical (unpaired) electrons. The third kappa shape index (κ3) is 9.31. The van der Waals surface area contributed by atoms with Crippen molar-refractivity contribution in [3.63, 3.8) is 0 Å². The molecule has 3 aromatic carbocycles. The lowest BCUT2D eigenvalue weighted by molar-refractivity contribution is -0.136. The largest absolute Gasteiger partial charge is 0.378 e. The first kappa shape index (κ1) is 41.2. The number of fused-ring (bicyclic) bond motifs is 1. The number of likely N-dealkylation sites (N-methyl/N-ethyl adjacent to an activating group) is 1. The maximum absolute atomic E-state index is 14.6. The number of benzene rings is 3. The van der Waals surface area contributed by atoms with Crippen LogP contribution in [0.1, 0.15) is 68.2 Å². The molecule has 0 aliphatic carbocycles. The van der Waals surface area contributed by atoms with E-state index in [2.05, 4.69) is 68.6 Å². The molecule has 5 amide bonds. The van der Waals surface area contributed by atoms with Crippen LogP contribution in [-0.2, 0) is 32.1 Å². The van der Waals surface area contributed by atoms with Crippen molar-refractivity contribution in [2.24, 2.45) is 0 Å². The molecule has 0 aromatic heterocycles. The Balaban J connectivity index is 0.779.